The summed E-state index contributed by atoms with van der Waals surface area (Å²) in [6.45, 7) is 0. The first-order valence-electron chi connectivity index (χ1n) is 2.86. The SMILES string of the molecule is I/C=C(\I)c1ccccc1. The van der Waals surface area contributed by atoms with Crippen molar-refractivity contribution >= 4 is 48.8 Å². The van der Waals surface area contributed by atoms with Gasteiger partial charge in [-0.15, -0.1) is 0 Å². The number of hydrogen-bond donors (Lipinski definition) is 0. The van der Waals surface area contributed by atoms with Crippen molar-refractivity contribution in [2.75, 3.05) is 0 Å². The van der Waals surface area contributed by atoms with Crippen molar-refractivity contribution in [1.29, 1.82) is 0 Å². The van der Waals surface area contributed by atoms with E-state index in [1.54, 1.807) is 0 Å². The van der Waals surface area contributed by atoms with Gasteiger partial charge in [0.15, 0.2) is 0 Å². The van der Waals surface area contributed by atoms with Crippen LogP contribution in [0, 0.1) is 0 Å². The van der Waals surface area contributed by atoms with Gasteiger partial charge in [0, 0.05) is 3.58 Å². The molecular formula is C8H6I2. The predicted octanol–water partition coefficient (Wildman–Crippen LogP) is 3.86. The minimum absolute atomic E-state index is 1.29. The molecule has 0 aliphatic carbocycles. The van der Waals surface area contributed by atoms with Crippen LogP contribution in [0.1, 0.15) is 5.56 Å². The van der Waals surface area contributed by atoms with Gasteiger partial charge in [-0.3, -0.25) is 0 Å². The fourth-order valence-electron chi connectivity index (χ4n) is 0.660. The predicted molar refractivity (Wildman–Crippen MR) is 62.5 cm³/mol. The second kappa shape index (κ2) is 4.33. The number of hydrogen-bond acceptors (Lipinski definition) is 0. The summed E-state index contributed by atoms with van der Waals surface area (Å²) in [4.78, 5) is 0. The zero-order chi connectivity index (χ0) is 7.40. The molecule has 0 amide bonds. The third kappa shape index (κ3) is 2.23. The van der Waals surface area contributed by atoms with Crippen molar-refractivity contribution in [3.05, 3.63) is 40.0 Å². The molecule has 1 rings (SSSR count). The molecule has 0 saturated heterocycles. The van der Waals surface area contributed by atoms with E-state index >= 15 is 0 Å². The maximum absolute atomic E-state index is 2.32. The maximum Gasteiger partial charge on any atom is 0.0263 e. The van der Waals surface area contributed by atoms with Gasteiger partial charge in [0.05, 0.1) is 0 Å². The fraction of sp³-hybridized carbons (Fsp3) is 0. The first-order valence-corrected chi connectivity index (χ1v) is 5.18. The zero-order valence-electron chi connectivity index (χ0n) is 5.22. The minimum Gasteiger partial charge on any atom is -0.0622 e. The molecule has 0 spiro atoms. The van der Waals surface area contributed by atoms with Crippen molar-refractivity contribution in [3.8, 4) is 0 Å². The summed E-state index contributed by atoms with van der Waals surface area (Å²) in [6.07, 6.45) is 0. The van der Waals surface area contributed by atoms with Crippen molar-refractivity contribution in [2.24, 2.45) is 0 Å². The molecule has 0 aliphatic rings. The summed E-state index contributed by atoms with van der Waals surface area (Å²) in [5, 5.41) is 0. The van der Waals surface area contributed by atoms with Gasteiger partial charge >= 0.3 is 0 Å². The summed E-state index contributed by atoms with van der Waals surface area (Å²) in [7, 11) is 0. The summed E-state index contributed by atoms with van der Waals surface area (Å²) in [5.41, 5.74) is 1.29. The minimum atomic E-state index is 1.29. The first-order chi connectivity index (χ1) is 4.84. The van der Waals surface area contributed by atoms with E-state index in [4.69, 9.17) is 0 Å². The molecule has 0 saturated carbocycles. The number of benzene rings is 1. The van der Waals surface area contributed by atoms with Crippen molar-refractivity contribution < 1.29 is 0 Å². The summed E-state index contributed by atoms with van der Waals surface area (Å²) >= 11 is 4.57. The Bertz CT molecular complexity index is 226. The van der Waals surface area contributed by atoms with E-state index in [0.29, 0.717) is 0 Å². The Morgan fingerprint density at radius 1 is 1.20 bits per heavy atom. The standard InChI is InChI=1S/C8H6I2/c9-6-8(10)7-4-2-1-3-5-7/h1-6H/b8-6-. The Labute approximate surface area is 88.0 Å². The van der Waals surface area contributed by atoms with Gasteiger partial charge in [0.25, 0.3) is 0 Å². The van der Waals surface area contributed by atoms with Gasteiger partial charge in [-0.25, -0.2) is 0 Å². The van der Waals surface area contributed by atoms with Crippen molar-refractivity contribution in [3.63, 3.8) is 0 Å². The third-order valence-corrected chi connectivity index (χ3v) is 3.89. The lowest BCUT2D eigenvalue weighted by molar-refractivity contribution is 1.66. The van der Waals surface area contributed by atoms with Crippen LogP contribution in [-0.2, 0) is 0 Å². The second-order valence-corrected chi connectivity index (χ2v) is 3.61. The van der Waals surface area contributed by atoms with Crippen LogP contribution in [0.5, 0.6) is 0 Å². The number of halogens is 2. The lowest BCUT2D eigenvalue weighted by Crippen LogP contribution is -1.70. The summed E-state index contributed by atoms with van der Waals surface area (Å²) < 4.78 is 3.37. The van der Waals surface area contributed by atoms with E-state index in [1.807, 2.05) is 18.2 Å². The highest BCUT2D eigenvalue weighted by Gasteiger charge is 1.91. The van der Waals surface area contributed by atoms with Crippen LogP contribution in [0.2, 0.25) is 0 Å². The lowest BCUT2D eigenvalue weighted by Gasteiger charge is -1.94. The van der Waals surface area contributed by atoms with Crippen LogP contribution < -0.4 is 0 Å². The Morgan fingerprint density at radius 2 is 1.80 bits per heavy atom. The summed E-state index contributed by atoms with van der Waals surface area (Å²) in [5.74, 6) is 0. The van der Waals surface area contributed by atoms with Crippen LogP contribution >= 0.6 is 45.2 Å². The highest BCUT2D eigenvalue weighted by Crippen LogP contribution is 2.22. The smallest absolute Gasteiger partial charge is 0.0263 e. The Kier molecular flexibility index (Phi) is 3.69. The molecule has 2 heteroatoms. The van der Waals surface area contributed by atoms with Crippen LogP contribution in [-0.4, -0.2) is 0 Å². The van der Waals surface area contributed by atoms with Crippen molar-refractivity contribution in [2.45, 2.75) is 0 Å². The molecular weight excluding hydrogens is 350 g/mol. The second-order valence-electron chi connectivity index (χ2n) is 1.82. The van der Waals surface area contributed by atoms with E-state index in [0.717, 1.165) is 0 Å². The average Bonchev–Trinajstić information content (AvgIpc) is 2.05. The van der Waals surface area contributed by atoms with Gasteiger partial charge in [0.2, 0.25) is 0 Å². The Balaban J connectivity index is 2.96. The van der Waals surface area contributed by atoms with Gasteiger partial charge in [-0.2, -0.15) is 0 Å². The monoisotopic (exact) mass is 356 g/mol. The van der Waals surface area contributed by atoms with Crippen molar-refractivity contribution in [1.82, 2.24) is 0 Å². The molecule has 0 aromatic heterocycles. The Hall–Kier alpha value is 0.420. The molecule has 0 N–H and O–H groups in total. The molecule has 0 bridgehead atoms. The van der Waals surface area contributed by atoms with Crippen LogP contribution in [0.4, 0.5) is 0 Å². The molecule has 0 fully saturated rings. The summed E-state index contributed by atoms with van der Waals surface area (Å²) in [6, 6.07) is 10.3. The molecule has 1 aromatic carbocycles. The lowest BCUT2D eigenvalue weighted by atomic mass is 10.2. The topological polar surface area (TPSA) is 0 Å². The van der Waals surface area contributed by atoms with Crippen LogP contribution in [0.15, 0.2) is 34.4 Å². The molecule has 0 unspecified atom stereocenters. The molecule has 52 valence electrons. The van der Waals surface area contributed by atoms with E-state index in [1.165, 1.54) is 9.14 Å². The molecule has 1 aromatic rings. The maximum atomic E-state index is 2.32. The van der Waals surface area contributed by atoms with E-state index in [9.17, 15) is 0 Å². The molecule has 0 radical (unpaired) electrons. The molecule has 0 heterocycles. The molecule has 10 heavy (non-hydrogen) atoms. The molecule has 0 nitrogen and oxygen atoms in total. The van der Waals surface area contributed by atoms with Crippen LogP contribution in [0.25, 0.3) is 3.58 Å². The number of rotatable bonds is 1. The van der Waals surface area contributed by atoms with Gasteiger partial charge in [-0.05, 0) is 32.2 Å². The van der Waals surface area contributed by atoms with Gasteiger partial charge in [0.1, 0.15) is 0 Å². The molecule has 0 aliphatic heterocycles. The first kappa shape index (κ1) is 8.52. The Morgan fingerprint density at radius 3 is 2.30 bits per heavy atom. The molecule has 0 atom stereocenters. The quantitative estimate of drug-likeness (QED) is 0.671. The van der Waals surface area contributed by atoms with E-state index in [2.05, 4.69) is 61.4 Å². The van der Waals surface area contributed by atoms with E-state index in [-0.39, 0.29) is 0 Å². The van der Waals surface area contributed by atoms with Gasteiger partial charge < -0.3 is 0 Å². The highest BCUT2D eigenvalue weighted by molar-refractivity contribution is 14.1. The zero-order valence-corrected chi connectivity index (χ0v) is 9.54. The largest absolute Gasteiger partial charge is 0.0622 e. The average molecular weight is 356 g/mol. The van der Waals surface area contributed by atoms with Crippen LogP contribution in [0.3, 0.4) is 0 Å². The van der Waals surface area contributed by atoms with E-state index < -0.39 is 0 Å². The third-order valence-electron chi connectivity index (χ3n) is 1.15. The normalized spacial score (nSPS) is 11.6. The van der Waals surface area contributed by atoms with Gasteiger partial charge in [-0.1, -0.05) is 52.9 Å². The fourth-order valence-corrected chi connectivity index (χ4v) is 1.38. The highest BCUT2D eigenvalue weighted by atomic mass is 127.